The first-order valence-electron chi connectivity index (χ1n) is 8.00. The second kappa shape index (κ2) is 7.56. The largest absolute Gasteiger partial charge is 0.312 e. The van der Waals surface area contributed by atoms with Crippen molar-refractivity contribution in [3.63, 3.8) is 0 Å². The van der Waals surface area contributed by atoms with E-state index in [0.717, 1.165) is 13.1 Å². The summed E-state index contributed by atoms with van der Waals surface area (Å²) in [6.45, 7) is 17.9. The summed E-state index contributed by atoms with van der Waals surface area (Å²) in [4.78, 5) is 6.43. The first-order valence-corrected chi connectivity index (χ1v) is 8.81. The van der Waals surface area contributed by atoms with Gasteiger partial charge in [0.05, 0.1) is 10.7 Å². The summed E-state index contributed by atoms with van der Waals surface area (Å²) in [7, 11) is 0. The average molecular weight is 297 g/mol. The quantitative estimate of drug-likeness (QED) is 0.758. The number of nitrogens with zero attached hydrogens (tertiary/aromatic N) is 1. The lowest BCUT2D eigenvalue weighted by Gasteiger charge is -2.18. The van der Waals surface area contributed by atoms with Gasteiger partial charge in [-0.2, -0.15) is 0 Å². The summed E-state index contributed by atoms with van der Waals surface area (Å²) in [5.74, 6) is 1.32. The van der Waals surface area contributed by atoms with Gasteiger partial charge in [-0.3, -0.25) is 0 Å². The van der Waals surface area contributed by atoms with Crippen molar-refractivity contribution < 1.29 is 0 Å². The molecule has 0 atom stereocenters. The molecule has 116 valence electrons. The topological polar surface area (TPSA) is 24.9 Å². The second-order valence-electron chi connectivity index (χ2n) is 7.11. The van der Waals surface area contributed by atoms with E-state index in [1.54, 1.807) is 0 Å². The third kappa shape index (κ3) is 4.85. The van der Waals surface area contributed by atoms with E-state index in [-0.39, 0.29) is 5.41 Å². The molecule has 1 rings (SSSR count). The monoisotopic (exact) mass is 296 g/mol. The third-order valence-electron chi connectivity index (χ3n) is 3.60. The molecule has 0 amide bonds. The highest BCUT2D eigenvalue weighted by atomic mass is 32.1. The van der Waals surface area contributed by atoms with Gasteiger partial charge in [-0.05, 0) is 25.3 Å². The average Bonchev–Trinajstić information content (AvgIpc) is 2.74. The molecule has 0 aliphatic rings. The zero-order chi connectivity index (χ0) is 15.3. The summed E-state index contributed by atoms with van der Waals surface area (Å²) in [5.41, 5.74) is 1.43. The Hall–Kier alpha value is -0.410. The van der Waals surface area contributed by atoms with Gasteiger partial charge >= 0.3 is 0 Å². The fraction of sp³-hybridized carbons (Fsp3) is 0.824. The maximum Gasteiger partial charge on any atom is 0.0962 e. The lowest BCUT2D eigenvalue weighted by Crippen LogP contribution is -2.21. The maximum absolute atomic E-state index is 5.00. The van der Waals surface area contributed by atoms with Gasteiger partial charge in [0, 0.05) is 22.8 Å². The molecule has 0 bridgehead atoms. The summed E-state index contributed by atoms with van der Waals surface area (Å²) >= 11 is 1.92. The molecule has 0 aliphatic carbocycles. The van der Waals surface area contributed by atoms with Crippen LogP contribution in [0.3, 0.4) is 0 Å². The van der Waals surface area contributed by atoms with Crippen LogP contribution in [0.4, 0.5) is 0 Å². The number of aromatic nitrogens is 1. The molecule has 20 heavy (non-hydrogen) atoms. The Morgan fingerprint density at radius 1 is 1.15 bits per heavy atom. The molecular formula is C17H32N2S. The van der Waals surface area contributed by atoms with Crippen LogP contribution in [0.5, 0.6) is 0 Å². The molecular weight excluding hydrogens is 264 g/mol. The zero-order valence-electron chi connectivity index (χ0n) is 14.3. The van der Waals surface area contributed by atoms with E-state index in [4.69, 9.17) is 4.98 Å². The highest BCUT2D eigenvalue weighted by molar-refractivity contribution is 7.11. The molecule has 1 aromatic rings. The van der Waals surface area contributed by atoms with Crippen LogP contribution in [0.2, 0.25) is 0 Å². The van der Waals surface area contributed by atoms with E-state index in [2.05, 4.69) is 53.8 Å². The second-order valence-corrected chi connectivity index (χ2v) is 8.23. The third-order valence-corrected chi connectivity index (χ3v) is 4.82. The Morgan fingerprint density at radius 3 is 2.20 bits per heavy atom. The smallest absolute Gasteiger partial charge is 0.0962 e. The molecule has 2 nitrogen and oxygen atoms in total. The van der Waals surface area contributed by atoms with E-state index >= 15 is 0 Å². The van der Waals surface area contributed by atoms with Crippen molar-refractivity contribution in [1.29, 1.82) is 0 Å². The maximum atomic E-state index is 5.00. The highest BCUT2D eigenvalue weighted by Crippen LogP contribution is 2.34. The van der Waals surface area contributed by atoms with Crippen molar-refractivity contribution in [3.8, 4) is 0 Å². The number of hydrogen-bond donors (Lipinski definition) is 1. The molecule has 0 saturated heterocycles. The minimum Gasteiger partial charge on any atom is -0.312 e. The molecule has 1 heterocycles. The van der Waals surface area contributed by atoms with Crippen LogP contribution in [0, 0.1) is 5.92 Å². The van der Waals surface area contributed by atoms with Gasteiger partial charge in [-0.1, -0.05) is 48.5 Å². The van der Waals surface area contributed by atoms with Crippen LogP contribution in [-0.2, 0) is 12.0 Å². The SMILES string of the molecule is CCC(CC)c1nc(C(C)(C)C)c(CNCC(C)C)s1. The predicted octanol–water partition coefficient (Wildman–Crippen LogP) is 5.09. The van der Waals surface area contributed by atoms with Gasteiger partial charge in [0.1, 0.15) is 0 Å². The van der Waals surface area contributed by atoms with Crippen LogP contribution in [0.1, 0.15) is 82.8 Å². The molecule has 3 heteroatoms. The number of nitrogens with one attached hydrogen (secondary N) is 1. The molecule has 0 aromatic carbocycles. The molecule has 1 N–H and O–H groups in total. The standard InChI is InChI=1S/C17H32N2S/c1-8-13(9-2)16-19-15(17(5,6)7)14(20-16)11-18-10-12(3)4/h12-13,18H,8-11H2,1-7H3. The summed E-state index contributed by atoms with van der Waals surface area (Å²) in [5, 5.41) is 4.91. The van der Waals surface area contributed by atoms with Gasteiger partial charge in [0.2, 0.25) is 0 Å². The van der Waals surface area contributed by atoms with E-state index in [0.29, 0.717) is 11.8 Å². The first kappa shape index (κ1) is 17.6. The minimum absolute atomic E-state index is 0.135. The number of thiazole rings is 1. The van der Waals surface area contributed by atoms with Crippen molar-refractivity contribution in [2.75, 3.05) is 6.54 Å². The van der Waals surface area contributed by atoms with Gasteiger partial charge < -0.3 is 5.32 Å². The zero-order valence-corrected chi connectivity index (χ0v) is 15.2. The summed E-state index contributed by atoms with van der Waals surface area (Å²) < 4.78 is 0. The highest BCUT2D eigenvalue weighted by Gasteiger charge is 2.24. The molecule has 0 saturated carbocycles. The van der Waals surface area contributed by atoms with Crippen molar-refractivity contribution >= 4 is 11.3 Å². The van der Waals surface area contributed by atoms with Crippen LogP contribution < -0.4 is 5.32 Å². The van der Waals surface area contributed by atoms with E-state index in [1.807, 2.05) is 11.3 Å². The van der Waals surface area contributed by atoms with Crippen LogP contribution in [-0.4, -0.2) is 11.5 Å². The van der Waals surface area contributed by atoms with Crippen molar-refractivity contribution in [1.82, 2.24) is 10.3 Å². The molecule has 0 fully saturated rings. The fourth-order valence-electron chi connectivity index (χ4n) is 2.36. The van der Waals surface area contributed by atoms with Gasteiger partial charge in [-0.25, -0.2) is 4.98 Å². The summed E-state index contributed by atoms with van der Waals surface area (Å²) in [6.07, 6.45) is 2.37. The van der Waals surface area contributed by atoms with E-state index in [1.165, 1.54) is 28.4 Å². The fourth-order valence-corrected chi connectivity index (χ4v) is 3.87. The van der Waals surface area contributed by atoms with Gasteiger partial charge in [0.25, 0.3) is 0 Å². The van der Waals surface area contributed by atoms with Gasteiger partial charge in [0.15, 0.2) is 0 Å². The number of rotatable bonds is 7. The van der Waals surface area contributed by atoms with Crippen molar-refractivity contribution in [2.45, 2.75) is 79.2 Å². The van der Waals surface area contributed by atoms with Crippen molar-refractivity contribution in [2.24, 2.45) is 5.92 Å². The predicted molar refractivity (Wildman–Crippen MR) is 90.7 cm³/mol. The molecule has 1 aromatic heterocycles. The molecule has 0 unspecified atom stereocenters. The van der Waals surface area contributed by atoms with Gasteiger partial charge in [-0.15, -0.1) is 11.3 Å². The van der Waals surface area contributed by atoms with Crippen LogP contribution in [0.25, 0.3) is 0 Å². The minimum atomic E-state index is 0.135. The van der Waals surface area contributed by atoms with Crippen LogP contribution in [0.15, 0.2) is 0 Å². The number of hydrogen-bond acceptors (Lipinski definition) is 3. The van der Waals surface area contributed by atoms with E-state index in [9.17, 15) is 0 Å². The Morgan fingerprint density at radius 2 is 1.75 bits per heavy atom. The Balaban J connectivity index is 2.95. The van der Waals surface area contributed by atoms with Crippen molar-refractivity contribution in [3.05, 3.63) is 15.6 Å². The van der Waals surface area contributed by atoms with Crippen LogP contribution >= 0.6 is 11.3 Å². The first-order chi connectivity index (χ1) is 9.29. The molecule has 0 radical (unpaired) electrons. The summed E-state index contributed by atoms with van der Waals surface area (Å²) in [6, 6.07) is 0. The molecule has 0 aliphatic heterocycles. The Bertz CT molecular complexity index is 398. The molecule has 0 spiro atoms. The van der Waals surface area contributed by atoms with E-state index < -0.39 is 0 Å². The Kier molecular flexibility index (Phi) is 6.67. The lowest BCUT2D eigenvalue weighted by molar-refractivity contribution is 0.532. The lowest BCUT2D eigenvalue weighted by atomic mass is 9.91. The normalized spacial score (nSPS) is 12.7. The Labute approximate surface area is 129 Å².